The Kier molecular flexibility index (Phi) is 2.72. The molecule has 88 valence electrons. The number of hydrogen-bond acceptors (Lipinski definition) is 3. The number of fused-ring (bicyclic) bond motifs is 1. The third-order valence-electron chi connectivity index (χ3n) is 2.84. The Morgan fingerprint density at radius 3 is 2.28 bits per heavy atom. The molecule has 2 N–H and O–H groups in total. The van der Waals surface area contributed by atoms with Crippen LogP contribution in [0.15, 0.2) is 53.0 Å². The normalized spacial score (nSPS) is 10.7. The fraction of sp³-hybridized carbons (Fsp3) is 0. The van der Waals surface area contributed by atoms with Gasteiger partial charge in [0.25, 0.3) is 0 Å². The summed E-state index contributed by atoms with van der Waals surface area (Å²) in [7, 11) is 0. The number of rotatable bonds is 1. The SMILES string of the molecule is Nc1nnc(-c2ccccc2Br)c2ccccc12. The number of nitrogens with two attached hydrogens (primary N) is 1. The molecule has 0 atom stereocenters. The Bertz CT molecular complexity index is 725. The molecule has 4 heteroatoms. The number of benzene rings is 2. The van der Waals surface area contributed by atoms with Crippen LogP contribution in [0.4, 0.5) is 5.82 Å². The predicted molar refractivity (Wildman–Crippen MR) is 77.1 cm³/mol. The topological polar surface area (TPSA) is 51.8 Å². The maximum absolute atomic E-state index is 5.86. The van der Waals surface area contributed by atoms with E-state index in [9.17, 15) is 0 Å². The molecule has 1 heterocycles. The van der Waals surface area contributed by atoms with E-state index in [4.69, 9.17) is 5.73 Å². The molecule has 2 aromatic carbocycles. The summed E-state index contributed by atoms with van der Waals surface area (Å²) in [6.07, 6.45) is 0. The molecule has 0 fully saturated rings. The third kappa shape index (κ3) is 1.75. The molecular weight excluding hydrogens is 290 g/mol. The Morgan fingerprint density at radius 1 is 0.833 bits per heavy atom. The minimum Gasteiger partial charge on any atom is -0.382 e. The van der Waals surface area contributed by atoms with Gasteiger partial charge in [0, 0.05) is 20.8 Å². The van der Waals surface area contributed by atoms with Crippen LogP contribution in [0.5, 0.6) is 0 Å². The second kappa shape index (κ2) is 4.38. The van der Waals surface area contributed by atoms with E-state index in [1.165, 1.54) is 0 Å². The minimum atomic E-state index is 0.460. The van der Waals surface area contributed by atoms with E-state index in [2.05, 4.69) is 26.1 Å². The molecule has 0 aliphatic rings. The van der Waals surface area contributed by atoms with Crippen molar-refractivity contribution in [3.8, 4) is 11.3 Å². The molecule has 3 nitrogen and oxygen atoms in total. The van der Waals surface area contributed by atoms with Crippen molar-refractivity contribution in [2.24, 2.45) is 0 Å². The van der Waals surface area contributed by atoms with Crippen molar-refractivity contribution in [2.75, 3.05) is 5.73 Å². The van der Waals surface area contributed by atoms with Crippen molar-refractivity contribution in [1.29, 1.82) is 0 Å². The van der Waals surface area contributed by atoms with Crippen LogP contribution in [-0.2, 0) is 0 Å². The van der Waals surface area contributed by atoms with Crippen LogP contribution in [0.1, 0.15) is 0 Å². The highest BCUT2D eigenvalue weighted by molar-refractivity contribution is 9.10. The molecular formula is C14H10BrN3. The summed E-state index contributed by atoms with van der Waals surface area (Å²) in [6, 6.07) is 15.8. The minimum absolute atomic E-state index is 0.460. The van der Waals surface area contributed by atoms with Crippen LogP contribution < -0.4 is 5.73 Å². The molecule has 1 aromatic heterocycles. The van der Waals surface area contributed by atoms with Gasteiger partial charge in [-0.1, -0.05) is 58.4 Å². The number of aromatic nitrogens is 2. The predicted octanol–water partition coefficient (Wildman–Crippen LogP) is 3.64. The second-order valence-electron chi connectivity index (χ2n) is 3.96. The van der Waals surface area contributed by atoms with Crippen LogP contribution >= 0.6 is 15.9 Å². The van der Waals surface area contributed by atoms with Crippen molar-refractivity contribution in [2.45, 2.75) is 0 Å². The van der Waals surface area contributed by atoms with E-state index in [0.29, 0.717) is 5.82 Å². The zero-order chi connectivity index (χ0) is 12.5. The summed E-state index contributed by atoms with van der Waals surface area (Å²) in [5, 5.41) is 10.2. The van der Waals surface area contributed by atoms with Crippen molar-refractivity contribution in [3.63, 3.8) is 0 Å². The number of nitrogen functional groups attached to an aromatic ring is 1. The van der Waals surface area contributed by atoms with E-state index < -0.39 is 0 Å². The molecule has 0 amide bonds. The first-order valence-corrected chi connectivity index (χ1v) is 6.32. The molecule has 0 unspecified atom stereocenters. The summed E-state index contributed by atoms with van der Waals surface area (Å²) in [6.45, 7) is 0. The van der Waals surface area contributed by atoms with Crippen molar-refractivity contribution < 1.29 is 0 Å². The fourth-order valence-corrected chi connectivity index (χ4v) is 2.45. The van der Waals surface area contributed by atoms with Gasteiger partial charge < -0.3 is 5.73 Å². The molecule has 3 aromatic rings. The fourth-order valence-electron chi connectivity index (χ4n) is 1.98. The maximum atomic E-state index is 5.86. The monoisotopic (exact) mass is 299 g/mol. The highest BCUT2D eigenvalue weighted by Gasteiger charge is 2.10. The second-order valence-corrected chi connectivity index (χ2v) is 4.81. The number of hydrogen-bond donors (Lipinski definition) is 1. The highest BCUT2D eigenvalue weighted by Crippen LogP contribution is 2.32. The van der Waals surface area contributed by atoms with E-state index in [1.807, 2.05) is 48.5 Å². The number of halogens is 1. The van der Waals surface area contributed by atoms with Gasteiger partial charge in [0.05, 0.1) is 0 Å². The first kappa shape index (κ1) is 11.2. The summed E-state index contributed by atoms with van der Waals surface area (Å²) in [5.41, 5.74) is 7.71. The first-order valence-electron chi connectivity index (χ1n) is 5.53. The Labute approximate surface area is 113 Å². The first-order chi connectivity index (χ1) is 8.77. The van der Waals surface area contributed by atoms with Crippen LogP contribution in [0, 0.1) is 0 Å². The van der Waals surface area contributed by atoms with Gasteiger partial charge in [0.2, 0.25) is 0 Å². The highest BCUT2D eigenvalue weighted by atomic mass is 79.9. The lowest BCUT2D eigenvalue weighted by molar-refractivity contribution is 1.07. The largest absolute Gasteiger partial charge is 0.382 e. The van der Waals surface area contributed by atoms with Gasteiger partial charge in [-0.2, -0.15) is 0 Å². The molecule has 18 heavy (non-hydrogen) atoms. The van der Waals surface area contributed by atoms with Gasteiger partial charge in [-0.05, 0) is 6.07 Å². The third-order valence-corrected chi connectivity index (χ3v) is 3.54. The summed E-state index contributed by atoms with van der Waals surface area (Å²) < 4.78 is 0.995. The van der Waals surface area contributed by atoms with Gasteiger partial charge in [-0.15, -0.1) is 10.2 Å². The van der Waals surface area contributed by atoms with Gasteiger partial charge in [-0.3, -0.25) is 0 Å². The number of anilines is 1. The standard InChI is InChI=1S/C14H10BrN3/c15-12-8-4-3-7-11(12)13-9-5-1-2-6-10(9)14(16)18-17-13/h1-8H,(H2,16,18). The zero-order valence-corrected chi connectivity index (χ0v) is 11.1. The molecule has 0 spiro atoms. The Morgan fingerprint density at radius 2 is 1.50 bits per heavy atom. The Hall–Kier alpha value is -1.94. The van der Waals surface area contributed by atoms with Gasteiger partial charge >= 0.3 is 0 Å². The van der Waals surface area contributed by atoms with Crippen molar-refractivity contribution in [1.82, 2.24) is 10.2 Å². The van der Waals surface area contributed by atoms with Crippen LogP contribution in [0.3, 0.4) is 0 Å². The molecule has 3 rings (SSSR count). The lowest BCUT2D eigenvalue weighted by Gasteiger charge is -2.08. The molecule has 0 aliphatic carbocycles. The molecule has 0 aliphatic heterocycles. The smallest absolute Gasteiger partial charge is 0.154 e. The van der Waals surface area contributed by atoms with Crippen molar-refractivity contribution >= 4 is 32.5 Å². The lowest BCUT2D eigenvalue weighted by atomic mass is 10.0. The Balaban J connectivity index is 2.38. The van der Waals surface area contributed by atoms with Crippen LogP contribution in [0.2, 0.25) is 0 Å². The van der Waals surface area contributed by atoms with E-state index >= 15 is 0 Å². The van der Waals surface area contributed by atoms with Crippen LogP contribution in [-0.4, -0.2) is 10.2 Å². The average Bonchev–Trinajstić information content (AvgIpc) is 2.41. The van der Waals surface area contributed by atoms with Gasteiger partial charge in [0.15, 0.2) is 5.82 Å². The van der Waals surface area contributed by atoms with E-state index in [-0.39, 0.29) is 0 Å². The molecule has 0 saturated heterocycles. The summed E-state index contributed by atoms with van der Waals surface area (Å²) in [4.78, 5) is 0. The molecule has 0 radical (unpaired) electrons. The lowest BCUT2D eigenvalue weighted by Crippen LogP contribution is -1.97. The van der Waals surface area contributed by atoms with Crippen molar-refractivity contribution in [3.05, 3.63) is 53.0 Å². The molecule has 0 bridgehead atoms. The summed E-state index contributed by atoms with van der Waals surface area (Å²) in [5.74, 6) is 0.460. The molecule has 0 saturated carbocycles. The van der Waals surface area contributed by atoms with E-state index in [0.717, 1.165) is 26.5 Å². The summed E-state index contributed by atoms with van der Waals surface area (Å²) >= 11 is 3.54. The van der Waals surface area contributed by atoms with Gasteiger partial charge in [0.1, 0.15) is 5.69 Å². The number of nitrogens with zero attached hydrogens (tertiary/aromatic N) is 2. The zero-order valence-electron chi connectivity index (χ0n) is 9.47. The average molecular weight is 300 g/mol. The maximum Gasteiger partial charge on any atom is 0.154 e. The van der Waals surface area contributed by atoms with E-state index in [1.54, 1.807) is 0 Å². The quantitative estimate of drug-likeness (QED) is 0.746. The van der Waals surface area contributed by atoms with Crippen LogP contribution in [0.25, 0.3) is 22.0 Å². The van der Waals surface area contributed by atoms with Gasteiger partial charge in [-0.25, -0.2) is 0 Å².